The Balaban J connectivity index is 1.74. The Bertz CT molecular complexity index is 905. The molecule has 1 saturated carbocycles. The minimum Gasteiger partial charge on any atom is -0.446 e. The lowest BCUT2D eigenvalue weighted by Crippen LogP contribution is -2.33. The largest absolute Gasteiger partial charge is 0.446 e. The van der Waals surface area contributed by atoms with Crippen molar-refractivity contribution in [3.8, 4) is 0 Å². The standard InChI is InChI=1S/C23H36N6O3/c1-15(2)25-22(30)32-18-8-7-16(13-18)19-14-20(29(28-19)23(3,4)5)27-21-24-11-9-17(26-21)10-12-31-6/h9,11,14-16,18H,7-8,10,12-13H2,1-6H3,(H,25,30)(H,24,26,27). The summed E-state index contributed by atoms with van der Waals surface area (Å²) in [5, 5.41) is 11.1. The first kappa shape index (κ1) is 24.0. The van der Waals surface area contributed by atoms with Gasteiger partial charge in [0, 0.05) is 43.4 Å². The number of hydrogen-bond acceptors (Lipinski definition) is 7. The number of hydrogen-bond donors (Lipinski definition) is 2. The first-order chi connectivity index (χ1) is 15.2. The third-order valence-corrected chi connectivity index (χ3v) is 5.36. The van der Waals surface area contributed by atoms with Gasteiger partial charge in [-0.25, -0.2) is 19.4 Å². The van der Waals surface area contributed by atoms with Gasteiger partial charge >= 0.3 is 6.09 Å². The first-order valence-electron chi connectivity index (χ1n) is 11.3. The molecule has 0 saturated heterocycles. The van der Waals surface area contributed by atoms with Crippen LogP contribution in [0.2, 0.25) is 0 Å². The van der Waals surface area contributed by atoms with Crippen LogP contribution in [-0.4, -0.2) is 51.7 Å². The van der Waals surface area contributed by atoms with Crippen LogP contribution in [0.4, 0.5) is 16.6 Å². The van der Waals surface area contributed by atoms with Crippen molar-refractivity contribution in [3.63, 3.8) is 0 Å². The van der Waals surface area contributed by atoms with E-state index in [1.54, 1.807) is 13.3 Å². The molecule has 2 aromatic heterocycles. The van der Waals surface area contributed by atoms with Crippen molar-refractivity contribution in [2.75, 3.05) is 19.0 Å². The minimum absolute atomic E-state index is 0.0611. The van der Waals surface area contributed by atoms with Gasteiger partial charge in [-0.05, 0) is 59.9 Å². The second kappa shape index (κ2) is 10.3. The van der Waals surface area contributed by atoms with E-state index in [0.717, 1.165) is 42.9 Å². The van der Waals surface area contributed by atoms with E-state index in [1.165, 1.54) is 0 Å². The Hall–Kier alpha value is -2.68. The molecule has 0 radical (unpaired) electrons. The number of aromatic nitrogens is 4. The van der Waals surface area contributed by atoms with E-state index in [9.17, 15) is 4.79 Å². The van der Waals surface area contributed by atoms with E-state index in [0.29, 0.717) is 12.6 Å². The highest BCUT2D eigenvalue weighted by Crippen LogP contribution is 2.37. The van der Waals surface area contributed by atoms with E-state index in [2.05, 4.69) is 47.4 Å². The van der Waals surface area contributed by atoms with Crippen LogP contribution in [0.15, 0.2) is 18.3 Å². The van der Waals surface area contributed by atoms with E-state index in [-0.39, 0.29) is 29.7 Å². The summed E-state index contributed by atoms with van der Waals surface area (Å²) in [4.78, 5) is 20.9. The molecular weight excluding hydrogens is 408 g/mol. The van der Waals surface area contributed by atoms with Gasteiger partial charge in [0.2, 0.25) is 5.95 Å². The van der Waals surface area contributed by atoms with E-state index >= 15 is 0 Å². The van der Waals surface area contributed by atoms with Crippen molar-refractivity contribution in [2.24, 2.45) is 0 Å². The molecule has 1 amide bonds. The van der Waals surface area contributed by atoms with Crippen LogP contribution >= 0.6 is 0 Å². The number of nitrogens with one attached hydrogen (secondary N) is 2. The van der Waals surface area contributed by atoms with Crippen molar-refractivity contribution < 1.29 is 14.3 Å². The molecule has 0 aromatic carbocycles. The molecule has 2 unspecified atom stereocenters. The van der Waals surface area contributed by atoms with Crippen LogP contribution in [0, 0.1) is 0 Å². The summed E-state index contributed by atoms with van der Waals surface area (Å²) in [5.41, 5.74) is 1.69. The van der Waals surface area contributed by atoms with Crippen molar-refractivity contribution in [2.45, 2.75) is 83.9 Å². The summed E-state index contributed by atoms with van der Waals surface area (Å²) >= 11 is 0. The summed E-state index contributed by atoms with van der Waals surface area (Å²) in [6.07, 6.45) is 4.59. The number of carbonyl (C=O) groups excluding carboxylic acids is 1. The van der Waals surface area contributed by atoms with Gasteiger partial charge in [-0.15, -0.1) is 0 Å². The zero-order valence-corrected chi connectivity index (χ0v) is 20.0. The van der Waals surface area contributed by atoms with Crippen LogP contribution in [0.3, 0.4) is 0 Å². The molecule has 0 spiro atoms. The van der Waals surface area contributed by atoms with Crippen molar-refractivity contribution in [1.29, 1.82) is 0 Å². The van der Waals surface area contributed by atoms with Crippen molar-refractivity contribution in [3.05, 3.63) is 29.7 Å². The average Bonchev–Trinajstić information content (AvgIpc) is 3.33. The number of nitrogens with zero attached hydrogens (tertiary/aromatic N) is 4. The smallest absolute Gasteiger partial charge is 0.407 e. The topological polar surface area (TPSA) is 103 Å². The number of carbonyl (C=O) groups is 1. The number of ether oxygens (including phenoxy) is 2. The molecule has 9 heteroatoms. The van der Waals surface area contributed by atoms with Crippen LogP contribution in [0.5, 0.6) is 0 Å². The molecule has 176 valence electrons. The third-order valence-electron chi connectivity index (χ3n) is 5.36. The highest BCUT2D eigenvalue weighted by Gasteiger charge is 2.32. The molecule has 2 aromatic rings. The minimum atomic E-state index is -0.348. The van der Waals surface area contributed by atoms with Crippen molar-refractivity contribution >= 4 is 17.9 Å². The quantitative estimate of drug-likeness (QED) is 0.631. The predicted octanol–water partition coefficient (Wildman–Crippen LogP) is 4.13. The Kier molecular flexibility index (Phi) is 7.71. The molecular formula is C23H36N6O3. The van der Waals surface area contributed by atoms with Crippen LogP contribution in [-0.2, 0) is 21.4 Å². The maximum absolute atomic E-state index is 12.0. The molecule has 32 heavy (non-hydrogen) atoms. The first-order valence-corrected chi connectivity index (χ1v) is 11.3. The van der Waals surface area contributed by atoms with Gasteiger partial charge in [0.1, 0.15) is 11.9 Å². The van der Waals surface area contributed by atoms with Crippen LogP contribution in [0.25, 0.3) is 0 Å². The van der Waals surface area contributed by atoms with Gasteiger partial charge in [-0.3, -0.25) is 0 Å². The molecule has 3 rings (SSSR count). The fourth-order valence-corrected chi connectivity index (χ4v) is 3.85. The Labute approximate surface area is 190 Å². The second-order valence-corrected chi connectivity index (χ2v) is 9.61. The molecule has 2 atom stereocenters. The lowest BCUT2D eigenvalue weighted by Gasteiger charge is -2.22. The summed E-state index contributed by atoms with van der Waals surface area (Å²) in [6, 6.07) is 4.02. The van der Waals surface area contributed by atoms with E-state index < -0.39 is 0 Å². The fraction of sp³-hybridized carbons (Fsp3) is 0.652. The van der Waals surface area contributed by atoms with Gasteiger partial charge < -0.3 is 20.1 Å². The zero-order chi connectivity index (χ0) is 23.3. The van der Waals surface area contributed by atoms with E-state index in [1.807, 2.05) is 24.6 Å². The summed E-state index contributed by atoms with van der Waals surface area (Å²) in [7, 11) is 1.68. The number of alkyl carbamates (subject to hydrolysis) is 1. The average molecular weight is 445 g/mol. The molecule has 0 bridgehead atoms. The van der Waals surface area contributed by atoms with Crippen LogP contribution < -0.4 is 10.6 Å². The molecule has 9 nitrogen and oxygen atoms in total. The number of amides is 1. The summed E-state index contributed by atoms with van der Waals surface area (Å²) < 4.78 is 12.7. The molecule has 1 aliphatic carbocycles. The monoisotopic (exact) mass is 444 g/mol. The highest BCUT2D eigenvalue weighted by molar-refractivity contribution is 5.67. The normalized spacial score (nSPS) is 18.7. The third kappa shape index (κ3) is 6.41. The zero-order valence-electron chi connectivity index (χ0n) is 20.0. The number of anilines is 2. The highest BCUT2D eigenvalue weighted by atomic mass is 16.6. The SMILES string of the molecule is COCCc1ccnc(Nc2cc(C3CCC(OC(=O)NC(C)C)C3)nn2C(C)(C)C)n1. The Morgan fingerprint density at radius 3 is 2.78 bits per heavy atom. The molecule has 2 heterocycles. The van der Waals surface area contributed by atoms with Crippen LogP contribution in [0.1, 0.15) is 71.2 Å². The number of rotatable bonds is 8. The molecule has 0 aliphatic heterocycles. The van der Waals surface area contributed by atoms with Crippen molar-refractivity contribution in [1.82, 2.24) is 25.1 Å². The molecule has 1 fully saturated rings. The van der Waals surface area contributed by atoms with Gasteiger partial charge in [0.05, 0.1) is 17.8 Å². The maximum atomic E-state index is 12.0. The Morgan fingerprint density at radius 2 is 2.09 bits per heavy atom. The van der Waals surface area contributed by atoms with Gasteiger partial charge in [-0.2, -0.15) is 5.10 Å². The summed E-state index contributed by atoms with van der Waals surface area (Å²) in [5.74, 6) is 1.62. The number of methoxy groups -OCH3 is 1. The second-order valence-electron chi connectivity index (χ2n) is 9.61. The molecule has 2 N–H and O–H groups in total. The van der Waals surface area contributed by atoms with Gasteiger partial charge in [-0.1, -0.05) is 0 Å². The lowest BCUT2D eigenvalue weighted by atomic mass is 10.0. The fourth-order valence-electron chi connectivity index (χ4n) is 3.85. The van der Waals surface area contributed by atoms with E-state index in [4.69, 9.17) is 14.6 Å². The predicted molar refractivity (Wildman–Crippen MR) is 123 cm³/mol. The maximum Gasteiger partial charge on any atom is 0.407 e. The lowest BCUT2D eigenvalue weighted by molar-refractivity contribution is 0.0981. The molecule has 1 aliphatic rings. The Morgan fingerprint density at radius 1 is 1.31 bits per heavy atom. The summed E-state index contributed by atoms with van der Waals surface area (Å²) in [6.45, 7) is 10.8. The van der Waals surface area contributed by atoms with Gasteiger partial charge in [0.25, 0.3) is 0 Å². The van der Waals surface area contributed by atoms with Gasteiger partial charge in [0.15, 0.2) is 0 Å².